The van der Waals surface area contributed by atoms with E-state index in [1.54, 1.807) is 0 Å². The van der Waals surface area contributed by atoms with Crippen molar-refractivity contribution in [2.45, 2.75) is 6.42 Å². The Labute approximate surface area is 247 Å². The zero-order chi connectivity index (χ0) is 28.2. The fraction of sp³-hybridized carbons (Fsp3) is 0.0526. The van der Waals surface area contributed by atoms with Gasteiger partial charge in [-0.25, -0.2) is 0 Å². The van der Waals surface area contributed by atoms with Gasteiger partial charge in [-0.2, -0.15) is 10.5 Å². The molecule has 42 heavy (non-hydrogen) atoms. The van der Waals surface area contributed by atoms with Gasteiger partial charge in [-0.15, -0.1) is 11.3 Å². The SMILES string of the molecule is N#Cc1cc(C2=CC(C#N)CC(c3cccc4c3sc3ccccc34)=C2)cc(-n2c3ccccc3c3ccccc32)c1. The standard InChI is InChI=1S/C38H23N3S/c39-22-24-16-26(20-28(18-24)30-11-7-12-34-33-10-3-6-15-37(33)42-38(30)34)27-17-25(23-40)19-29(21-27)41-35-13-4-1-8-31(35)32-9-2-5-14-36(32)41/h1-17,19-21,24H,18H2. The highest BCUT2D eigenvalue weighted by atomic mass is 32.1. The molecule has 196 valence electrons. The number of rotatable bonds is 3. The fourth-order valence-electron chi connectivity index (χ4n) is 6.43. The number of thiophene rings is 1. The Balaban J connectivity index is 1.33. The van der Waals surface area contributed by atoms with E-state index in [-0.39, 0.29) is 5.92 Å². The van der Waals surface area contributed by atoms with Crippen molar-refractivity contribution in [1.29, 1.82) is 10.5 Å². The van der Waals surface area contributed by atoms with Crippen molar-refractivity contribution < 1.29 is 0 Å². The van der Waals surface area contributed by atoms with Gasteiger partial charge in [0.25, 0.3) is 0 Å². The first-order valence-electron chi connectivity index (χ1n) is 14.0. The monoisotopic (exact) mass is 553 g/mol. The van der Waals surface area contributed by atoms with E-state index < -0.39 is 0 Å². The molecule has 0 saturated carbocycles. The van der Waals surface area contributed by atoms with Gasteiger partial charge in [-0.1, -0.05) is 84.9 Å². The lowest BCUT2D eigenvalue weighted by Crippen LogP contribution is -2.04. The maximum atomic E-state index is 10.1. The number of fused-ring (bicyclic) bond motifs is 6. The van der Waals surface area contributed by atoms with E-state index in [2.05, 4.69) is 126 Å². The summed E-state index contributed by atoms with van der Waals surface area (Å²) in [5.74, 6) is -0.257. The van der Waals surface area contributed by atoms with Gasteiger partial charge >= 0.3 is 0 Å². The van der Waals surface area contributed by atoms with Crippen LogP contribution in [0.3, 0.4) is 0 Å². The molecule has 0 spiro atoms. The van der Waals surface area contributed by atoms with Crippen molar-refractivity contribution in [1.82, 2.24) is 4.57 Å². The molecule has 4 heteroatoms. The Morgan fingerprint density at radius 3 is 2.14 bits per heavy atom. The van der Waals surface area contributed by atoms with Crippen LogP contribution < -0.4 is 0 Å². The minimum atomic E-state index is -0.257. The molecule has 0 fully saturated rings. The zero-order valence-electron chi connectivity index (χ0n) is 22.6. The van der Waals surface area contributed by atoms with Crippen molar-refractivity contribution in [3.8, 4) is 17.8 Å². The van der Waals surface area contributed by atoms with Crippen molar-refractivity contribution in [2.24, 2.45) is 5.92 Å². The molecule has 1 atom stereocenters. The summed E-state index contributed by atoms with van der Waals surface area (Å²) >= 11 is 1.81. The Morgan fingerprint density at radius 2 is 1.40 bits per heavy atom. The van der Waals surface area contributed by atoms with Crippen LogP contribution in [0.25, 0.3) is 58.8 Å². The van der Waals surface area contributed by atoms with E-state index in [1.807, 2.05) is 23.5 Å². The predicted molar refractivity (Wildman–Crippen MR) is 175 cm³/mol. The van der Waals surface area contributed by atoms with Crippen LogP contribution in [0.1, 0.15) is 23.1 Å². The van der Waals surface area contributed by atoms with Gasteiger partial charge in [0.1, 0.15) is 0 Å². The quantitative estimate of drug-likeness (QED) is 0.219. The van der Waals surface area contributed by atoms with Crippen LogP contribution in [0.15, 0.2) is 121 Å². The van der Waals surface area contributed by atoms with Crippen LogP contribution in [0.5, 0.6) is 0 Å². The van der Waals surface area contributed by atoms with E-state index in [0.717, 1.165) is 33.4 Å². The third kappa shape index (κ3) is 3.78. The molecule has 7 aromatic rings. The molecule has 1 unspecified atom stereocenters. The summed E-state index contributed by atoms with van der Waals surface area (Å²) < 4.78 is 4.75. The highest BCUT2D eigenvalue weighted by molar-refractivity contribution is 7.26. The van der Waals surface area contributed by atoms with Gasteiger partial charge < -0.3 is 4.57 Å². The van der Waals surface area contributed by atoms with Gasteiger partial charge in [-0.05, 0) is 65.1 Å². The maximum Gasteiger partial charge on any atom is 0.0992 e. The molecular formula is C38H23N3S. The number of aromatic nitrogens is 1. The van der Waals surface area contributed by atoms with Crippen molar-refractivity contribution >= 4 is 64.5 Å². The summed E-state index contributed by atoms with van der Waals surface area (Å²) in [5, 5.41) is 25.1. The van der Waals surface area contributed by atoms with Crippen LogP contribution in [0.4, 0.5) is 0 Å². The lowest BCUT2D eigenvalue weighted by Gasteiger charge is -2.20. The summed E-state index contributed by atoms with van der Waals surface area (Å²) in [4.78, 5) is 0. The average molecular weight is 554 g/mol. The zero-order valence-corrected chi connectivity index (χ0v) is 23.4. The number of hydrogen-bond donors (Lipinski definition) is 0. The second kappa shape index (κ2) is 9.60. The number of nitrogens with zero attached hydrogens (tertiary/aromatic N) is 3. The number of para-hydroxylation sites is 2. The predicted octanol–water partition coefficient (Wildman–Crippen LogP) is 10.0. The molecule has 0 saturated heterocycles. The molecule has 2 heterocycles. The van der Waals surface area contributed by atoms with Gasteiger partial charge in [0.2, 0.25) is 0 Å². The fourth-order valence-corrected chi connectivity index (χ4v) is 7.68. The number of hydrogen-bond acceptors (Lipinski definition) is 3. The normalized spacial score (nSPS) is 15.0. The molecule has 0 N–H and O–H groups in total. The Bertz CT molecular complexity index is 2310. The summed E-state index contributed by atoms with van der Waals surface area (Å²) in [6, 6.07) is 42.7. The third-order valence-electron chi connectivity index (χ3n) is 8.28. The molecule has 0 amide bonds. The van der Waals surface area contributed by atoms with Crippen LogP contribution in [0.2, 0.25) is 0 Å². The molecule has 5 aromatic carbocycles. The number of allylic oxidation sites excluding steroid dienone is 4. The van der Waals surface area contributed by atoms with Crippen LogP contribution >= 0.6 is 11.3 Å². The van der Waals surface area contributed by atoms with Crippen LogP contribution in [-0.4, -0.2) is 4.57 Å². The Morgan fingerprint density at radius 1 is 0.714 bits per heavy atom. The van der Waals surface area contributed by atoms with Crippen LogP contribution in [0, 0.1) is 28.6 Å². The summed E-state index contributed by atoms with van der Waals surface area (Å²) in [7, 11) is 0. The van der Waals surface area contributed by atoms with Gasteiger partial charge in [0, 0.05) is 36.6 Å². The van der Waals surface area contributed by atoms with Crippen LogP contribution in [-0.2, 0) is 0 Å². The van der Waals surface area contributed by atoms with Crippen molar-refractivity contribution in [3.63, 3.8) is 0 Å². The van der Waals surface area contributed by atoms with E-state index in [9.17, 15) is 10.5 Å². The number of nitriles is 2. The van der Waals surface area contributed by atoms with E-state index >= 15 is 0 Å². The molecule has 3 nitrogen and oxygen atoms in total. The molecule has 0 aliphatic heterocycles. The third-order valence-corrected chi connectivity index (χ3v) is 9.50. The largest absolute Gasteiger partial charge is 0.309 e. The lowest BCUT2D eigenvalue weighted by atomic mass is 9.84. The Kier molecular flexibility index (Phi) is 5.57. The molecule has 0 bridgehead atoms. The molecule has 1 aliphatic carbocycles. The highest BCUT2D eigenvalue weighted by Gasteiger charge is 2.21. The second-order valence-electron chi connectivity index (χ2n) is 10.8. The first kappa shape index (κ1) is 24.4. The summed E-state index contributed by atoms with van der Waals surface area (Å²) in [5.41, 5.74) is 7.95. The minimum absolute atomic E-state index is 0.257. The maximum absolute atomic E-state index is 10.1. The first-order chi connectivity index (χ1) is 20.7. The first-order valence-corrected chi connectivity index (χ1v) is 14.8. The Hall–Kier alpha value is -5.42. The number of benzene rings is 5. The van der Waals surface area contributed by atoms with Crippen molar-refractivity contribution in [2.75, 3.05) is 0 Å². The van der Waals surface area contributed by atoms with Gasteiger partial charge in [-0.3, -0.25) is 0 Å². The second-order valence-corrected chi connectivity index (χ2v) is 11.8. The smallest absolute Gasteiger partial charge is 0.0992 e. The van der Waals surface area contributed by atoms with Gasteiger partial charge in [0.05, 0.1) is 34.7 Å². The lowest BCUT2D eigenvalue weighted by molar-refractivity contribution is 0.856. The van der Waals surface area contributed by atoms with E-state index in [0.29, 0.717) is 12.0 Å². The molecule has 0 radical (unpaired) electrons. The molecule has 1 aliphatic rings. The topological polar surface area (TPSA) is 52.5 Å². The van der Waals surface area contributed by atoms with Crippen molar-refractivity contribution in [3.05, 3.63) is 138 Å². The molecule has 8 rings (SSSR count). The van der Waals surface area contributed by atoms with E-state index in [4.69, 9.17) is 0 Å². The van der Waals surface area contributed by atoms with E-state index in [1.165, 1.54) is 36.5 Å². The van der Waals surface area contributed by atoms with Gasteiger partial charge in [0.15, 0.2) is 0 Å². The summed E-state index contributed by atoms with van der Waals surface area (Å²) in [6.45, 7) is 0. The average Bonchev–Trinajstić information content (AvgIpc) is 3.60. The molecular weight excluding hydrogens is 531 g/mol. The molecule has 2 aromatic heterocycles. The highest BCUT2D eigenvalue weighted by Crippen LogP contribution is 2.42. The minimum Gasteiger partial charge on any atom is -0.309 e. The summed E-state index contributed by atoms with van der Waals surface area (Å²) in [6.07, 6.45) is 4.94.